The summed E-state index contributed by atoms with van der Waals surface area (Å²) in [5.41, 5.74) is 10.7. The molecule has 6 heteroatoms. The highest BCUT2D eigenvalue weighted by Gasteiger charge is 2.40. The van der Waals surface area contributed by atoms with Crippen LogP contribution in [0.5, 0.6) is 0 Å². The van der Waals surface area contributed by atoms with Crippen molar-refractivity contribution in [3.8, 4) is 0 Å². The van der Waals surface area contributed by atoms with Crippen LogP contribution in [0.2, 0.25) is 0 Å². The molecule has 1 rings (SSSR count). The molecule has 1 saturated carbocycles. The highest BCUT2D eigenvalue weighted by Crippen LogP contribution is 2.31. The molecular weight excluding hydrogens is 234 g/mol. The van der Waals surface area contributed by atoms with E-state index < -0.39 is 11.8 Å². The lowest BCUT2D eigenvalue weighted by molar-refractivity contribution is -0.135. The minimum absolute atomic E-state index is 0.0448. The Hall–Kier alpha value is -1.43. The van der Waals surface area contributed by atoms with Crippen molar-refractivity contribution >= 4 is 17.6 Å². The van der Waals surface area contributed by atoms with Crippen LogP contribution in [0.25, 0.3) is 0 Å². The third-order valence-electron chi connectivity index (χ3n) is 3.47. The molecule has 0 aromatic carbocycles. The molecule has 0 bridgehead atoms. The van der Waals surface area contributed by atoms with E-state index in [1.807, 2.05) is 0 Å². The first-order valence-electron chi connectivity index (χ1n) is 6.26. The average Bonchev–Trinajstić information content (AvgIpc) is 2.28. The van der Waals surface area contributed by atoms with Gasteiger partial charge in [-0.15, -0.1) is 0 Å². The Morgan fingerprint density at radius 3 is 2.44 bits per heavy atom. The fourth-order valence-electron chi connectivity index (χ4n) is 2.62. The number of hydrogen-bond acceptors (Lipinski definition) is 4. The Kier molecular flexibility index (Phi) is 5.27. The number of nitrogens with one attached hydrogen (secondary N) is 1. The zero-order chi connectivity index (χ0) is 13.7. The Morgan fingerprint density at radius 2 is 1.94 bits per heavy atom. The molecule has 2 unspecified atom stereocenters. The maximum Gasteiger partial charge on any atom is 0.223 e. The molecule has 1 fully saturated rings. The summed E-state index contributed by atoms with van der Waals surface area (Å²) in [6.45, 7) is 1.72. The van der Waals surface area contributed by atoms with Gasteiger partial charge >= 0.3 is 0 Å². The predicted octanol–water partition coefficient (Wildman–Crippen LogP) is -0.689. The van der Waals surface area contributed by atoms with Crippen LogP contribution < -0.4 is 16.8 Å². The first-order chi connectivity index (χ1) is 8.47. The number of rotatable bonds is 5. The fraction of sp³-hybridized carbons (Fsp3) is 0.750. The first-order valence-corrected chi connectivity index (χ1v) is 6.26. The van der Waals surface area contributed by atoms with Gasteiger partial charge in [-0.2, -0.15) is 0 Å². The van der Waals surface area contributed by atoms with Gasteiger partial charge in [0.2, 0.25) is 11.8 Å². The maximum absolute atomic E-state index is 11.5. The van der Waals surface area contributed by atoms with Gasteiger partial charge < -0.3 is 16.8 Å². The second-order valence-electron chi connectivity index (χ2n) is 4.79. The number of carbonyl (C=O) groups is 3. The van der Waals surface area contributed by atoms with Crippen LogP contribution in [0, 0.1) is 11.8 Å². The highest BCUT2D eigenvalue weighted by atomic mass is 16.2. The number of nitrogens with two attached hydrogens (primary N) is 2. The molecule has 0 saturated heterocycles. The van der Waals surface area contributed by atoms with Crippen LogP contribution in [0.4, 0.5) is 0 Å². The summed E-state index contributed by atoms with van der Waals surface area (Å²) in [6, 6.07) is -0.343. The molecule has 0 aromatic rings. The summed E-state index contributed by atoms with van der Waals surface area (Å²) in [6.07, 6.45) is 2.36. The van der Waals surface area contributed by atoms with Gasteiger partial charge in [0, 0.05) is 24.9 Å². The number of ketones is 1. The quantitative estimate of drug-likeness (QED) is 0.603. The molecular formula is C12H21N3O3. The Morgan fingerprint density at radius 1 is 1.28 bits per heavy atom. The second-order valence-corrected chi connectivity index (χ2v) is 4.79. The second kappa shape index (κ2) is 6.49. The summed E-state index contributed by atoms with van der Waals surface area (Å²) < 4.78 is 0. The van der Waals surface area contributed by atoms with E-state index in [9.17, 15) is 14.4 Å². The predicted molar refractivity (Wildman–Crippen MR) is 66.3 cm³/mol. The van der Waals surface area contributed by atoms with Gasteiger partial charge in [0.1, 0.15) is 5.78 Å². The van der Waals surface area contributed by atoms with E-state index in [0.717, 1.165) is 6.42 Å². The molecule has 3 atom stereocenters. The van der Waals surface area contributed by atoms with Gasteiger partial charge in [-0.25, -0.2) is 0 Å². The van der Waals surface area contributed by atoms with Crippen molar-refractivity contribution in [2.24, 2.45) is 23.3 Å². The van der Waals surface area contributed by atoms with E-state index in [-0.39, 0.29) is 36.6 Å². The maximum atomic E-state index is 11.5. The summed E-state index contributed by atoms with van der Waals surface area (Å²) in [5, 5.41) is 2.76. The third kappa shape index (κ3) is 3.53. The summed E-state index contributed by atoms with van der Waals surface area (Å²) >= 11 is 0. The van der Waals surface area contributed by atoms with Crippen molar-refractivity contribution in [3.05, 3.63) is 0 Å². The van der Waals surface area contributed by atoms with E-state index in [1.54, 1.807) is 0 Å². The number of primary amides is 1. The van der Waals surface area contributed by atoms with Crippen LogP contribution in [0.3, 0.4) is 0 Å². The third-order valence-corrected chi connectivity index (χ3v) is 3.47. The Labute approximate surface area is 106 Å². The van der Waals surface area contributed by atoms with Crippen LogP contribution >= 0.6 is 0 Å². The van der Waals surface area contributed by atoms with Gasteiger partial charge in [-0.3, -0.25) is 14.4 Å². The van der Waals surface area contributed by atoms with E-state index in [4.69, 9.17) is 11.5 Å². The Bertz CT molecular complexity index is 343. The standard InChI is InChI=1S/C12H21N3O3/c1-7(16)8-3-2-4-9(11(8)12(14)18)15-10(17)5-6-13/h8-9,11H,2-6,13H2,1H3,(H2,14,18)(H,15,17)/t8-,9?,11?/m0/s1. The first kappa shape index (κ1) is 14.6. The van der Waals surface area contributed by atoms with Crippen molar-refractivity contribution in [2.75, 3.05) is 6.54 Å². The summed E-state index contributed by atoms with van der Waals surface area (Å²) in [7, 11) is 0. The van der Waals surface area contributed by atoms with Gasteiger partial charge in [-0.05, 0) is 19.8 Å². The molecule has 0 aromatic heterocycles. The molecule has 6 nitrogen and oxygen atoms in total. The fourth-order valence-corrected chi connectivity index (χ4v) is 2.62. The summed E-state index contributed by atoms with van der Waals surface area (Å²) in [5.74, 6) is -1.74. The molecule has 102 valence electrons. The van der Waals surface area contributed by atoms with Gasteiger partial charge in [0.15, 0.2) is 0 Å². The minimum atomic E-state index is -0.599. The van der Waals surface area contributed by atoms with Crippen molar-refractivity contribution in [2.45, 2.75) is 38.6 Å². The lowest BCUT2D eigenvalue weighted by atomic mass is 9.73. The van der Waals surface area contributed by atoms with Crippen molar-refractivity contribution in [1.82, 2.24) is 5.32 Å². The lowest BCUT2D eigenvalue weighted by Gasteiger charge is -2.35. The van der Waals surface area contributed by atoms with E-state index in [1.165, 1.54) is 6.92 Å². The smallest absolute Gasteiger partial charge is 0.223 e. The van der Waals surface area contributed by atoms with Crippen LogP contribution in [0.1, 0.15) is 32.6 Å². The zero-order valence-corrected chi connectivity index (χ0v) is 10.6. The van der Waals surface area contributed by atoms with Gasteiger partial charge in [-0.1, -0.05) is 6.42 Å². The van der Waals surface area contributed by atoms with Crippen LogP contribution in [0.15, 0.2) is 0 Å². The number of carbonyl (C=O) groups excluding carboxylic acids is 3. The number of hydrogen-bond donors (Lipinski definition) is 3. The number of Topliss-reactive ketones (excluding diaryl/α,β-unsaturated/α-hetero) is 1. The van der Waals surface area contributed by atoms with Crippen molar-refractivity contribution < 1.29 is 14.4 Å². The van der Waals surface area contributed by atoms with E-state index in [0.29, 0.717) is 12.8 Å². The molecule has 2 amide bonds. The molecule has 0 aliphatic heterocycles. The average molecular weight is 255 g/mol. The molecule has 0 spiro atoms. The minimum Gasteiger partial charge on any atom is -0.369 e. The lowest BCUT2D eigenvalue weighted by Crippen LogP contribution is -2.52. The van der Waals surface area contributed by atoms with Gasteiger partial charge in [0.25, 0.3) is 0 Å². The molecule has 5 N–H and O–H groups in total. The molecule has 0 radical (unpaired) electrons. The topological polar surface area (TPSA) is 115 Å². The SMILES string of the molecule is CC(=O)[C@@H]1CCCC(NC(=O)CCN)C1C(N)=O. The highest BCUT2D eigenvalue weighted by molar-refractivity contribution is 5.88. The number of amides is 2. The normalized spacial score (nSPS) is 27.6. The van der Waals surface area contributed by atoms with E-state index in [2.05, 4.69) is 5.32 Å². The van der Waals surface area contributed by atoms with Crippen molar-refractivity contribution in [1.29, 1.82) is 0 Å². The zero-order valence-electron chi connectivity index (χ0n) is 10.6. The largest absolute Gasteiger partial charge is 0.369 e. The molecule has 1 aliphatic rings. The molecule has 18 heavy (non-hydrogen) atoms. The molecule has 1 aliphatic carbocycles. The van der Waals surface area contributed by atoms with Crippen LogP contribution in [-0.4, -0.2) is 30.2 Å². The Balaban J connectivity index is 2.77. The summed E-state index contributed by atoms with van der Waals surface area (Å²) in [4.78, 5) is 34.6. The van der Waals surface area contributed by atoms with Crippen LogP contribution in [-0.2, 0) is 14.4 Å². The monoisotopic (exact) mass is 255 g/mol. The van der Waals surface area contributed by atoms with Crippen molar-refractivity contribution in [3.63, 3.8) is 0 Å². The van der Waals surface area contributed by atoms with Gasteiger partial charge in [0.05, 0.1) is 5.92 Å². The molecule has 0 heterocycles. The van der Waals surface area contributed by atoms with E-state index >= 15 is 0 Å².